The van der Waals surface area contributed by atoms with Gasteiger partial charge in [0.2, 0.25) is 0 Å². The van der Waals surface area contributed by atoms with E-state index >= 15 is 0 Å². The van der Waals surface area contributed by atoms with E-state index in [1.54, 1.807) is 0 Å². The van der Waals surface area contributed by atoms with Crippen molar-refractivity contribution in [2.24, 2.45) is 0 Å². The Morgan fingerprint density at radius 2 is 1.33 bits per heavy atom. The summed E-state index contributed by atoms with van der Waals surface area (Å²) in [5, 5.41) is 30.5. The minimum Gasteiger partial charge on any atom is -0.544 e. The summed E-state index contributed by atoms with van der Waals surface area (Å²) in [6.45, 7) is 6.35. The molecule has 0 fully saturated rings. The first-order valence-corrected chi connectivity index (χ1v) is 9.81. The van der Waals surface area contributed by atoms with Gasteiger partial charge in [-0.05, 0) is 52.9 Å². The van der Waals surface area contributed by atoms with E-state index in [4.69, 9.17) is 0 Å². The van der Waals surface area contributed by atoms with Crippen LogP contribution in [0, 0.1) is 0 Å². The van der Waals surface area contributed by atoms with Gasteiger partial charge < -0.3 is 20.1 Å². The minimum atomic E-state index is -1.43. The molecule has 0 saturated carbocycles. The zero-order valence-corrected chi connectivity index (χ0v) is 17.0. The first-order valence-electron chi connectivity index (χ1n) is 9.81. The van der Waals surface area contributed by atoms with Crippen molar-refractivity contribution in [2.75, 3.05) is 6.54 Å². The van der Waals surface area contributed by atoms with Gasteiger partial charge in [0.1, 0.15) is 6.04 Å². The number of rotatable bonds is 15. The van der Waals surface area contributed by atoms with Crippen molar-refractivity contribution in [2.45, 2.75) is 90.8 Å². The number of carboxylic acid groups (broad SMARTS) is 3. The predicted octanol–water partition coefficient (Wildman–Crippen LogP) is 2.19. The van der Waals surface area contributed by atoms with Gasteiger partial charge in [-0.3, -0.25) is 4.48 Å². The Balaban J connectivity index is 5.09. The first-order chi connectivity index (χ1) is 12.6. The van der Waals surface area contributed by atoms with Gasteiger partial charge in [0, 0.05) is 0 Å². The topological polar surface area (TPSA) is 115 Å². The summed E-state index contributed by atoms with van der Waals surface area (Å²) in [7, 11) is 0. The second kappa shape index (κ2) is 12.5. The summed E-state index contributed by atoms with van der Waals surface area (Å²) in [6.07, 6.45) is 10.8. The lowest BCUT2D eigenvalue weighted by molar-refractivity contribution is -0.969. The van der Waals surface area contributed by atoms with Crippen molar-refractivity contribution >= 4 is 17.9 Å². The highest BCUT2D eigenvalue weighted by molar-refractivity contribution is 5.76. The summed E-state index contributed by atoms with van der Waals surface area (Å²) in [6, 6.07) is -3.56. The number of quaternary nitrogens is 1. The Morgan fingerprint density at radius 3 is 1.78 bits per heavy atom. The highest BCUT2D eigenvalue weighted by atomic mass is 16.4. The molecule has 0 aromatic rings. The van der Waals surface area contributed by atoms with Crippen LogP contribution in [0.4, 0.5) is 0 Å². The molecule has 3 atom stereocenters. The second-order valence-corrected chi connectivity index (χ2v) is 7.18. The van der Waals surface area contributed by atoms with Crippen LogP contribution in [0.3, 0.4) is 0 Å². The fourth-order valence-corrected chi connectivity index (χ4v) is 3.66. The summed E-state index contributed by atoms with van der Waals surface area (Å²) in [5.41, 5.74) is 0. The lowest BCUT2D eigenvalue weighted by atomic mass is 10.00. The third kappa shape index (κ3) is 7.33. The van der Waals surface area contributed by atoms with Gasteiger partial charge >= 0.3 is 11.9 Å². The van der Waals surface area contributed by atoms with Crippen molar-refractivity contribution < 1.29 is 34.2 Å². The molecule has 2 N–H and O–H groups in total. The smallest absolute Gasteiger partial charge is 0.362 e. The van der Waals surface area contributed by atoms with E-state index in [1.807, 2.05) is 0 Å². The molecule has 0 bridgehead atoms. The van der Waals surface area contributed by atoms with Gasteiger partial charge in [-0.2, -0.15) is 0 Å². The molecule has 0 aromatic carbocycles. The molecule has 0 aliphatic rings. The van der Waals surface area contributed by atoms with Crippen LogP contribution in [-0.4, -0.2) is 57.3 Å². The van der Waals surface area contributed by atoms with E-state index in [0.717, 1.165) is 38.5 Å². The number of hydrogen-bond acceptors (Lipinski definition) is 4. The normalized spacial score (nSPS) is 17.2. The van der Waals surface area contributed by atoms with Crippen LogP contribution >= 0.6 is 0 Å². The van der Waals surface area contributed by atoms with Gasteiger partial charge in [0.15, 0.2) is 12.1 Å². The maximum atomic E-state index is 11.6. The molecule has 0 aromatic heterocycles. The number of unbranched alkanes of at least 4 members (excludes halogenated alkanes) is 5. The Kier molecular flexibility index (Phi) is 11.6. The molecule has 0 amide bonds. The monoisotopic (exact) mass is 385 g/mol. The van der Waals surface area contributed by atoms with Crippen molar-refractivity contribution in [3.63, 3.8) is 0 Å². The van der Waals surface area contributed by atoms with Crippen LogP contribution in [0.5, 0.6) is 0 Å². The molecule has 0 spiro atoms. The van der Waals surface area contributed by atoms with Crippen LogP contribution in [-0.2, 0) is 14.4 Å². The molecule has 0 aliphatic heterocycles. The molecular weight excluding hydrogens is 350 g/mol. The number of nitrogens with zero attached hydrogens (tertiary/aromatic N) is 1. The SMILES string of the molecule is CC/C=C/CCCCCCC[N+](C(C)C(=O)[O-])(C(C)C(=O)O)C(C)C(=O)O. The number of carbonyl (C=O) groups is 3. The van der Waals surface area contributed by atoms with Gasteiger partial charge in [-0.1, -0.05) is 31.9 Å². The lowest BCUT2D eigenvalue weighted by Gasteiger charge is -2.49. The van der Waals surface area contributed by atoms with Crippen molar-refractivity contribution in [3.05, 3.63) is 12.2 Å². The Morgan fingerprint density at radius 1 is 0.852 bits per heavy atom. The molecular formula is C20H35NO6. The predicted molar refractivity (Wildman–Crippen MR) is 101 cm³/mol. The van der Waals surface area contributed by atoms with Crippen LogP contribution in [0.25, 0.3) is 0 Å². The van der Waals surface area contributed by atoms with E-state index in [9.17, 15) is 29.7 Å². The average Bonchev–Trinajstić information content (AvgIpc) is 2.61. The zero-order valence-electron chi connectivity index (χ0n) is 17.0. The second-order valence-electron chi connectivity index (χ2n) is 7.18. The number of allylic oxidation sites excluding steroid dienone is 2. The highest BCUT2D eigenvalue weighted by Gasteiger charge is 2.50. The third-order valence-electron chi connectivity index (χ3n) is 5.54. The van der Waals surface area contributed by atoms with Crippen LogP contribution in [0.2, 0.25) is 0 Å². The molecule has 7 heteroatoms. The molecule has 0 saturated heterocycles. The highest BCUT2D eigenvalue weighted by Crippen LogP contribution is 2.27. The van der Waals surface area contributed by atoms with Gasteiger partial charge in [-0.15, -0.1) is 0 Å². The van der Waals surface area contributed by atoms with Crippen molar-refractivity contribution in [3.8, 4) is 0 Å². The summed E-state index contributed by atoms with van der Waals surface area (Å²) in [4.78, 5) is 34.8. The van der Waals surface area contributed by atoms with Crippen molar-refractivity contribution in [1.29, 1.82) is 0 Å². The molecule has 0 radical (unpaired) electrons. The Hall–Kier alpha value is -1.89. The fraction of sp³-hybridized carbons (Fsp3) is 0.750. The van der Waals surface area contributed by atoms with Gasteiger partial charge in [0.05, 0.1) is 12.5 Å². The molecule has 0 rings (SSSR count). The summed E-state index contributed by atoms with van der Waals surface area (Å²) >= 11 is 0. The van der Waals surface area contributed by atoms with Crippen LogP contribution in [0.1, 0.15) is 72.6 Å². The van der Waals surface area contributed by atoms with Crippen LogP contribution < -0.4 is 5.11 Å². The quantitative estimate of drug-likeness (QED) is 0.254. The minimum absolute atomic E-state index is 0.172. The van der Waals surface area contributed by atoms with E-state index in [2.05, 4.69) is 19.1 Å². The third-order valence-corrected chi connectivity index (χ3v) is 5.54. The van der Waals surface area contributed by atoms with E-state index in [-0.39, 0.29) is 6.54 Å². The first kappa shape index (κ1) is 25.1. The zero-order chi connectivity index (χ0) is 21.0. The lowest BCUT2D eigenvalue weighted by Crippen LogP contribution is -2.72. The van der Waals surface area contributed by atoms with E-state index in [1.165, 1.54) is 20.8 Å². The van der Waals surface area contributed by atoms with Gasteiger partial charge in [0.25, 0.3) is 0 Å². The molecule has 156 valence electrons. The molecule has 27 heavy (non-hydrogen) atoms. The largest absolute Gasteiger partial charge is 0.544 e. The molecule has 3 unspecified atom stereocenters. The van der Waals surface area contributed by atoms with Crippen molar-refractivity contribution in [1.82, 2.24) is 0 Å². The maximum absolute atomic E-state index is 11.6. The van der Waals surface area contributed by atoms with Gasteiger partial charge in [-0.25, -0.2) is 9.59 Å². The van der Waals surface area contributed by atoms with E-state index in [0.29, 0.717) is 6.42 Å². The van der Waals surface area contributed by atoms with E-state index < -0.39 is 40.5 Å². The maximum Gasteiger partial charge on any atom is 0.362 e. The Labute approximate surface area is 162 Å². The number of carbonyl (C=O) groups excluding carboxylic acids is 1. The number of hydrogen-bond donors (Lipinski definition) is 2. The van der Waals surface area contributed by atoms with Crippen LogP contribution in [0.15, 0.2) is 12.2 Å². The molecule has 7 nitrogen and oxygen atoms in total. The molecule has 0 aliphatic carbocycles. The summed E-state index contributed by atoms with van der Waals surface area (Å²) in [5.74, 6) is -3.85. The summed E-state index contributed by atoms with van der Waals surface area (Å²) < 4.78 is -0.549. The number of aliphatic carboxylic acids is 3. The standard InChI is InChI=1S/C20H35NO6/c1-5-6-7-8-9-10-11-12-13-14-21(15(2)18(22)23,16(3)19(24)25)17(4)20(26)27/h6-7,15-17H,5,8-14H2,1-4H3,(H2-,22,23,24,25,26,27)/b7-6+. The fourth-order valence-electron chi connectivity index (χ4n) is 3.66. The molecule has 0 heterocycles. The Bertz CT molecular complexity index is 466. The average molecular weight is 386 g/mol. The number of carboxylic acids is 3.